The highest BCUT2D eigenvalue weighted by atomic mass is 16.7. The van der Waals surface area contributed by atoms with Gasteiger partial charge < -0.3 is 14.6 Å². The molecule has 2 aromatic carbocycles. The van der Waals surface area contributed by atoms with Crippen LogP contribution in [0.3, 0.4) is 0 Å². The van der Waals surface area contributed by atoms with Crippen LogP contribution in [-0.4, -0.2) is 30.6 Å². The molecule has 114 valence electrons. The summed E-state index contributed by atoms with van der Waals surface area (Å²) in [6.07, 6.45) is 0. The van der Waals surface area contributed by atoms with Crippen LogP contribution in [0.4, 0.5) is 0 Å². The van der Waals surface area contributed by atoms with Gasteiger partial charge in [0.1, 0.15) is 25.4 Å². The number of hydroxylamine groups is 1. The van der Waals surface area contributed by atoms with Crippen molar-refractivity contribution in [3.05, 3.63) is 65.7 Å². The Labute approximate surface area is 129 Å². The number of nitrogens with zero attached hydrogens (tertiary/aromatic N) is 1. The molecule has 0 amide bonds. The first-order valence-corrected chi connectivity index (χ1v) is 6.75. The molecular weight excluding hydrogens is 282 g/mol. The molecule has 0 aliphatic heterocycles. The lowest BCUT2D eigenvalue weighted by atomic mass is 10.1. The van der Waals surface area contributed by atoms with Crippen LogP contribution in [0.25, 0.3) is 0 Å². The fraction of sp³-hybridized carbons (Fsp3) is 0.176. The minimum atomic E-state index is -1.33. The molecule has 0 N–H and O–H groups in total. The van der Waals surface area contributed by atoms with E-state index in [9.17, 15) is 9.90 Å². The molecule has 0 saturated carbocycles. The lowest BCUT2D eigenvalue weighted by Gasteiger charge is -2.12. The van der Waals surface area contributed by atoms with Gasteiger partial charge in [-0.25, -0.2) is 0 Å². The lowest BCUT2D eigenvalue weighted by Crippen LogP contribution is -2.38. The molecule has 0 aliphatic rings. The molecule has 5 nitrogen and oxygen atoms in total. The van der Waals surface area contributed by atoms with Gasteiger partial charge in [0, 0.05) is 0 Å². The molecule has 22 heavy (non-hydrogen) atoms. The first-order valence-electron chi connectivity index (χ1n) is 6.75. The number of carbonyl (C=O) groups is 1. The number of benzene rings is 2. The molecule has 2 rings (SSSR count). The van der Waals surface area contributed by atoms with Crippen LogP contribution in [0, 0.1) is 0 Å². The Hall–Kier alpha value is -2.82. The van der Waals surface area contributed by atoms with Crippen molar-refractivity contribution in [2.75, 3.05) is 14.2 Å². The Kier molecular flexibility index (Phi) is 5.14. The van der Waals surface area contributed by atoms with Crippen molar-refractivity contribution in [1.29, 1.82) is 0 Å². The highest BCUT2D eigenvalue weighted by molar-refractivity contribution is 6.40. The van der Waals surface area contributed by atoms with Gasteiger partial charge in [-0.15, -0.1) is 0 Å². The molecule has 0 aliphatic carbocycles. The number of aliphatic carboxylic acids is 1. The van der Waals surface area contributed by atoms with E-state index in [1.807, 2.05) is 30.3 Å². The Morgan fingerprint density at radius 3 is 2.36 bits per heavy atom. The quantitative estimate of drug-likeness (QED) is 0.454. The second kappa shape index (κ2) is 7.26. The summed E-state index contributed by atoms with van der Waals surface area (Å²) in [5.41, 5.74) is 1.31. The number of para-hydroxylation sites is 1. The van der Waals surface area contributed by atoms with Crippen LogP contribution < -0.4 is 9.84 Å². The van der Waals surface area contributed by atoms with Gasteiger partial charge in [-0.1, -0.05) is 42.5 Å². The zero-order chi connectivity index (χ0) is 15.9. The number of ether oxygens (including phenoxy) is 1. The number of carboxylic acid groups (broad SMARTS) is 1. The maximum atomic E-state index is 11.4. The summed E-state index contributed by atoms with van der Waals surface area (Å²) in [6.45, 7) is 0.342. The third kappa shape index (κ3) is 3.63. The second-order valence-corrected chi connectivity index (χ2v) is 4.59. The van der Waals surface area contributed by atoms with Crippen molar-refractivity contribution in [3.8, 4) is 5.75 Å². The van der Waals surface area contributed by atoms with Gasteiger partial charge in [-0.05, 0) is 22.4 Å². The summed E-state index contributed by atoms with van der Waals surface area (Å²) < 4.78 is 6.89. The van der Waals surface area contributed by atoms with Gasteiger partial charge in [0.05, 0.1) is 5.56 Å². The van der Waals surface area contributed by atoms with Crippen molar-refractivity contribution in [1.82, 2.24) is 0 Å². The Morgan fingerprint density at radius 1 is 1.09 bits per heavy atom. The summed E-state index contributed by atoms with van der Waals surface area (Å²) in [5, 5.41) is 11.4. The molecule has 0 bridgehead atoms. The highest BCUT2D eigenvalue weighted by Crippen LogP contribution is 2.20. The van der Waals surface area contributed by atoms with Crippen LogP contribution in [0.1, 0.15) is 11.1 Å². The van der Waals surface area contributed by atoms with Gasteiger partial charge in [-0.2, -0.15) is 0 Å². The number of hydrogen-bond donors (Lipinski definition) is 0. The van der Waals surface area contributed by atoms with Crippen molar-refractivity contribution in [2.45, 2.75) is 6.61 Å². The van der Waals surface area contributed by atoms with E-state index in [1.165, 1.54) is 14.2 Å². The second-order valence-electron chi connectivity index (χ2n) is 4.59. The summed E-state index contributed by atoms with van der Waals surface area (Å²) in [4.78, 5) is 16.4. The van der Waals surface area contributed by atoms with E-state index in [0.29, 0.717) is 17.9 Å². The maximum absolute atomic E-state index is 11.4. The van der Waals surface area contributed by atoms with Crippen LogP contribution in [0.2, 0.25) is 0 Å². The normalized spacial score (nSPS) is 11.5. The molecule has 0 spiro atoms. The molecular formula is C17H17NO4. The van der Waals surface area contributed by atoms with Crippen LogP contribution in [-0.2, 0) is 16.2 Å². The first kappa shape index (κ1) is 15.6. The largest absolute Gasteiger partial charge is 0.539 e. The van der Waals surface area contributed by atoms with Gasteiger partial charge in [0.15, 0.2) is 7.05 Å². The van der Waals surface area contributed by atoms with Crippen LogP contribution >= 0.6 is 0 Å². The highest BCUT2D eigenvalue weighted by Gasteiger charge is 2.21. The SMILES string of the molecule is CO/[N+](C)=C(/C(=O)[O-])c1ccccc1OCc1ccccc1. The average molecular weight is 299 g/mol. The van der Waals surface area contributed by atoms with Crippen molar-refractivity contribution < 1.29 is 24.2 Å². The van der Waals surface area contributed by atoms with Crippen molar-refractivity contribution in [2.24, 2.45) is 0 Å². The number of rotatable bonds is 6. The monoisotopic (exact) mass is 299 g/mol. The smallest absolute Gasteiger partial charge is 0.283 e. The molecule has 0 saturated heterocycles. The van der Waals surface area contributed by atoms with E-state index in [1.54, 1.807) is 24.3 Å². The number of hydrogen-bond acceptors (Lipinski definition) is 4. The van der Waals surface area contributed by atoms with Gasteiger partial charge in [-0.3, -0.25) is 4.84 Å². The number of carboxylic acids is 1. The van der Waals surface area contributed by atoms with E-state index >= 15 is 0 Å². The molecule has 0 unspecified atom stereocenters. The summed E-state index contributed by atoms with van der Waals surface area (Å²) >= 11 is 0. The molecule has 0 heterocycles. The first-order chi connectivity index (χ1) is 10.6. The minimum absolute atomic E-state index is 0.0915. The fourth-order valence-electron chi connectivity index (χ4n) is 2.02. The van der Waals surface area contributed by atoms with E-state index in [2.05, 4.69) is 0 Å². The van der Waals surface area contributed by atoms with Crippen LogP contribution in [0.5, 0.6) is 5.75 Å². The standard InChI is InChI=1S/C17H17NO4/c1-18(21-2)16(17(19)20)14-10-6-7-11-15(14)22-12-13-8-4-3-5-9-13/h3-11H,12H2,1-2H3/b18-16+. The molecule has 0 aromatic heterocycles. The van der Waals surface area contributed by atoms with Crippen LogP contribution in [0.15, 0.2) is 54.6 Å². The molecule has 2 aromatic rings. The molecule has 5 heteroatoms. The van der Waals surface area contributed by atoms with Gasteiger partial charge in [0.25, 0.3) is 5.71 Å². The van der Waals surface area contributed by atoms with Gasteiger partial charge in [0.2, 0.25) is 0 Å². The summed E-state index contributed by atoms with van der Waals surface area (Å²) in [7, 11) is 2.88. The maximum Gasteiger partial charge on any atom is 0.283 e. The van der Waals surface area contributed by atoms with E-state index in [4.69, 9.17) is 9.57 Å². The molecule has 0 atom stereocenters. The predicted molar refractivity (Wildman–Crippen MR) is 79.5 cm³/mol. The summed E-state index contributed by atoms with van der Waals surface area (Å²) in [6, 6.07) is 16.5. The third-order valence-electron chi connectivity index (χ3n) is 3.16. The minimum Gasteiger partial charge on any atom is -0.539 e. The fourth-order valence-corrected chi connectivity index (χ4v) is 2.02. The molecule has 0 fully saturated rings. The Bertz CT molecular complexity index is 680. The zero-order valence-corrected chi connectivity index (χ0v) is 12.5. The van der Waals surface area contributed by atoms with Crippen molar-refractivity contribution >= 4 is 11.7 Å². The topological polar surface area (TPSA) is 61.6 Å². The van der Waals surface area contributed by atoms with E-state index in [0.717, 1.165) is 10.3 Å². The van der Waals surface area contributed by atoms with E-state index in [-0.39, 0.29) is 5.71 Å². The number of carbonyl (C=O) groups excluding carboxylic acids is 1. The predicted octanol–water partition coefficient (Wildman–Crippen LogP) is 1.01. The lowest BCUT2D eigenvalue weighted by molar-refractivity contribution is -0.760. The Balaban J connectivity index is 2.32. The Morgan fingerprint density at radius 2 is 1.73 bits per heavy atom. The van der Waals surface area contributed by atoms with Gasteiger partial charge >= 0.3 is 0 Å². The molecule has 0 radical (unpaired) electrons. The zero-order valence-electron chi connectivity index (χ0n) is 12.5. The third-order valence-corrected chi connectivity index (χ3v) is 3.16. The average Bonchev–Trinajstić information content (AvgIpc) is 2.54. The summed E-state index contributed by atoms with van der Waals surface area (Å²) in [5.74, 6) is -0.880. The van der Waals surface area contributed by atoms with E-state index < -0.39 is 5.97 Å². The van der Waals surface area contributed by atoms with Crippen molar-refractivity contribution in [3.63, 3.8) is 0 Å².